The van der Waals surface area contributed by atoms with Crippen LogP contribution in [-0.4, -0.2) is 49.3 Å². The molecule has 2 fully saturated rings. The van der Waals surface area contributed by atoms with Crippen molar-refractivity contribution in [1.29, 1.82) is 5.26 Å². The average molecular weight is 252 g/mol. The van der Waals surface area contributed by atoms with Gasteiger partial charge in [0.2, 0.25) is 5.91 Å². The summed E-state index contributed by atoms with van der Waals surface area (Å²) in [5.41, 5.74) is -1.23. The van der Waals surface area contributed by atoms with Crippen molar-refractivity contribution < 1.29 is 14.3 Å². The molecular formula is C13H20N2O3. The van der Waals surface area contributed by atoms with Crippen LogP contribution in [0.2, 0.25) is 0 Å². The molecule has 2 heterocycles. The summed E-state index contributed by atoms with van der Waals surface area (Å²) in [6.07, 6.45) is 0.992. The molecule has 0 aliphatic carbocycles. The smallest absolute Gasteiger partial charge is 0.243 e. The summed E-state index contributed by atoms with van der Waals surface area (Å²) in [5, 5.41) is 9.43. The molecule has 100 valence electrons. The van der Waals surface area contributed by atoms with Gasteiger partial charge in [0, 0.05) is 19.8 Å². The van der Waals surface area contributed by atoms with Gasteiger partial charge in [0.05, 0.1) is 24.8 Å². The molecule has 5 nitrogen and oxygen atoms in total. The molecule has 0 aromatic rings. The van der Waals surface area contributed by atoms with Crippen LogP contribution in [-0.2, 0) is 14.3 Å². The van der Waals surface area contributed by atoms with E-state index >= 15 is 0 Å². The summed E-state index contributed by atoms with van der Waals surface area (Å²) < 4.78 is 10.7. The zero-order valence-corrected chi connectivity index (χ0v) is 11.1. The summed E-state index contributed by atoms with van der Waals surface area (Å²) >= 11 is 0. The highest BCUT2D eigenvalue weighted by Gasteiger charge is 2.47. The fourth-order valence-electron chi connectivity index (χ4n) is 2.59. The SMILES string of the molecule is CC1(C)COCCN1C(=O)C1(C#N)CCOCC1. The summed E-state index contributed by atoms with van der Waals surface area (Å²) in [4.78, 5) is 14.5. The van der Waals surface area contributed by atoms with Gasteiger partial charge in [-0.2, -0.15) is 5.26 Å². The standard InChI is InChI=1S/C13H20N2O3/c1-12(2)10-18-8-5-15(12)11(16)13(9-14)3-6-17-7-4-13/h3-8,10H2,1-2H3. The lowest BCUT2D eigenvalue weighted by Gasteiger charge is -2.45. The first-order valence-electron chi connectivity index (χ1n) is 6.41. The van der Waals surface area contributed by atoms with E-state index in [4.69, 9.17) is 9.47 Å². The lowest BCUT2D eigenvalue weighted by Crippen LogP contribution is -2.60. The number of nitriles is 1. The first-order valence-corrected chi connectivity index (χ1v) is 6.41. The highest BCUT2D eigenvalue weighted by molar-refractivity contribution is 5.86. The van der Waals surface area contributed by atoms with Crippen LogP contribution >= 0.6 is 0 Å². The lowest BCUT2D eigenvalue weighted by atomic mass is 9.79. The monoisotopic (exact) mass is 252 g/mol. The third-order valence-corrected chi connectivity index (χ3v) is 3.86. The maximum absolute atomic E-state index is 12.7. The van der Waals surface area contributed by atoms with Crippen molar-refractivity contribution in [2.45, 2.75) is 32.2 Å². The number of amides is 1. The largest absolute Gasteiger partial charge is 0.381 e. The van der Waals surface area contributed by atoms with Crippen LogP contribution in [0.5, 0.6) is 0 Å². The molecule has 0 aromatic carbocycles. The van der Waals surface area contributed by atoms with Crippen LogP contribution < -0.4 is 0 Å². The van der Waals surface area contributed by atoms with E-state index in [9.17, 15) is 10.1 Å². The minimum atomic E-state index is -0.896. The topological polar surface area (TPSA) is 62.6 Å². The van der Waals surface area contributed by atoms with Gasteiger partial charge >= 0.3 is 0 Å². The molecule has 0 atom stereocenters. The molecular weight excluding hydrogens is 232 g/mol. The van der Waals surface area contributed by atoms with E-state index in [2.05, 4.69) is 6.07 Å². The Morgan fingerprint density at radius 2 is 1.89 bits per heavy atom. The van der Waals surface area contributed by atoms with Gasteiger partial charge in [0.15, 0.2) is 0 Å². The molecule has 1 amide bonds. The van der Waals surface area contributed by atoms with Crippen LogP contribution in [0.4, 0.5) is 0 Å². The fraction of sp³-hybridized carbons (Fsp3) is 0.846. The van der Waals surface area contributed by atoms with Crippen LogP contribution in [0.15, 0.2) is 0 Å². The minimum Gasteiger partial charge on any atom is -0.381 e. The van der Waals surface area contributed by atoms with E-state index in [0.717, 1.165) is 0 Å². The Hall–Kier alpha value is -1.12. The normalized spacial score (nSPS) is 26.4. The molecule has 0 bridgehead atoms. The molecule has 2 rings (SSSR count). The minimum absolute atomic E-state index is 0.0541. The molecule has 5 heteroatoms. The van der Waals surface area contributed by atoms with Gasteiger partial charge in [0.25, 0.3) is 0 Å². The lowest BCUT2D eigenvalue weighted by molar-refractivity contribution is -0.158. The van der Waals surface area contributed by atoms with Gasteiger partial charge in [0.1, 0.15) is 5.41 Å². The Labute approximate surface area is 108 Å². The number of carbonyl (C=O) groups is 1. The Balaban J connectivity index is 2.21. The van der Waals surface area contributed by atoms with E-state index in [1.54, 1.807) is 0 Å². The second kappa shape index (κ2) is 4.87. The predicted octanol–water partition coefficient (Wildman–Crippen LogP) is 0.944. The van der Waals surface area contributed by atoms with Gasteiger partial charge in [-0.3, -0.25) is 4.79 Å². The molecule has 2 aliphatic heterocycles. The van der Waals surface area contributed by atoms with E-state index in [0.29, 0.717) is 45.8 Å². The van der Waals surface area contributed by atoms with Crippen molar-refractivity contribution >= 4 is 5.91 Å². The van der Waals surface area contributed by atoms with Crippen molar-refractivity contribution in [3.05, 3.63) is 0 Å². The van der Waals surface area contributed by atoms with E-state index < -0.39 is 5.41 Å². The fourth-order valence-corrected chi connectivity index (χ4v) is 2.59. The summed E-state index contributed by atoms with van der Waals surface area (Å²) in [5.74, 6) is -0.0541. The Morgan fingerprint density at radius 1 is 1.22 bits per heavy atom. The first-order chi connectivity index (χ1) is 8.52. The zero-order chi connectivity index (χ0) is 13.2. The Bertz CT molecular complexity index is 367. The predicted molar refractivity (Wildman–Crippen MR) is 64.7 cm³/mol. The zero-order valence-electron chi connectivity index (χ0n) is 11.1. The maximum Gasteiger partial charge on any atom is 0.243 e. The van der Waals surface area contributed by atoms with E-state index in [1.807, 2.05) is 18.7 Å². The van der Waals surface area contributed by atoms with Crippen molar-refractivity contribution in [1.82, 2.24) is 4.90 Å². The number of nitrogens with zero attached hydrogens (tertiary/aromatic N) is 2. The Morgan fingerprint density at radius 3 is 2.44 bits per heavy atom. The second-order valence-electron chi connectivity index (χ2n) is 5.63. The van der Waals surface area contributed by atoms with Crippen LogP contribution in [0, 0.1) is 16.7 Å². The van der Waals surface area contributed by atoms with Crippen molar-refractivity contribution in [3.63, 3.8) is 0 Å². The molecule has 18 heavy (non-hydrogen) atoms. The van der Waals surface area contributed by atoms with E-state index in [-0.39, 0.29) is 11.4 Å². The summed E-state index contributed by atoms with van der Waals surface area (Å²) in [6, 6.07) is 2.24. The molecule has 0 N–H and O–H groups in total. The molecule has 0 spiro atoms. The highest BCUT2D eigenvalue weighted by Crippen LogP contribution is 2.35. The number of hydrogen-bond acceptors (Lipinski definition) is 4. The second-order valence-corrected chi connectivity index (χ2v) is 5.63. The number of carbonyl (C=O) groups excluding carboxylic acids is 1. The third-order valence-electron chi connectivity index (χ3n) is 3.86. The van der Waals surface area contributed by atoms with Gasteiger partial charge in [-0.15, -0.1) is 0 Å². The maximum atomic E-state index is 12.7. The van der Waals surface area contributed by atoms with E-state index in [1.165, 1.54) is 0 Å². The van der Waals surface area contributed by atoms with Gasteiger partial charge in [-0.05, 0) is 26.7 Å². The number of rotatable bonds is 1. The summed E-state index contributed by atoms with van der Waals surface area (Å²) in [6.45, 7) is 6.58. The third kappa shape index (κ3) is 2.23. The number of ether oxygens (including phenoxy) is 2. The van der Waals surface area contributed by atoms with Crippen molar-refractivity contribution in [3.8, 4) is 6.07 Å². The molecule has 0 aromatic heterocycles. The molecule has 0 radical (unpaired) electrons. The van der Waals surface area contributed by atoms with Crippen LogP contribution in [0.1, 0.15) is 26.7 Å². The average Bonchev–Trinajstić information content (AvgIpc) is 2.38. The van der Waals surface area contributed by atoms with Crippen LogP contribution in [0.3, 0.4) is 0 Å². The Kier molecular flexibility index (Phi) is 3.60. The number of hydrogen-bond donors (Lipinski definition) is 0. The van der Waals surface area contributed by atoms with Gasteiger partial charge in [-0.25, -0.2) is 0 Å². The molecule has 2 saturated heterocycles. The number of morpholine rings is 1. The molecule has 0 unspecified atom stereocenters. The summed E-state index contributed by atoms with van der Waals surface area (Å²) in [7, 11) is 0. The highest BCUT2D eigenvalue weighted by atomic mass is 16.5. The van der Waals surface area contributed by atoms with Crippen LogP contribution in [0.25, 0.3) is 0 Å². The van der Waals surface area contributed by atoms with Crippen molar-refractivity contribution in [2.24, 2.45) is 5.41 Å². The molecule has 0 saturated carbocycles. The quantitative estimate of drug-likeness (QED) is 0.697. The molecule has 2 aliphatic rings. The first kappa shape index (κ1) is 13.3. The van der Waals surface area contributed by atoms with Gasteiger partial charge < -0.3 is 14.4 Å². The van der Waals surface area contributed by atoms with Gasteiger partial charge in [-0.1, -0.05) is 0 Å². The van der Waals surface area contributed by atoms with Crippen molar-refractivity contribution in [2.75, 3.05) is 33.0 Å².